The van der Waals surface area contributed by atoms with Crippen LogP contribution in [0.1, 0.15) is 1.43 Å². The van der Waals surface area contributed by atoms with Crippen molar-refractivity contribution in [1.82, 2.24) is 6.15 Å². The first kappa shape index (κ1) is 22.5. The van der Waals surface area contributed by atoms with E-state index in [1.165, 1.54) is 0 Å². The van der Waals surface area contributed by atoms with Crippen LogP contribution in [0.4, 0.5) is 0 Å². The second-order valence-electron chi connectivity index (χ2n) is 0.461. The zero-order chi connectivity index (χ0) is 7.15. The van der Waals surface area contributed by atoms with E-state index in [4.69, 9.17) is 26.6 Å². The summed E-state index contributed by atoms with van der Waals surface area (Å²) in [5.74, 6) is 0. The van der Waals surface area contributed by atoms with Crippen LogP contribution in [-0.4, -0.2) is 26.6 Å². The van der Waals surface area contributed by atoms with Crippen molar-refractivity contribution in [2.24, 2.45) is 0 Å². The molecule has 0 radical (unpaired) electrons. The minimum Gasteiger partial charge on any atom is -1.00 e. The van der Waals surface area contributed by atoms with Gasteiger partial charge in [0.2, 0.25) is 0 Å². The van der Waals surface area contributed by atoms with Crippen molar-refractivity contribution in [2.45, 2.75) is 0 Å². The van der Waals surface area contributed by atoms with Crippen LogP contribution in [0.3, 0.4) is 0 Å². The summed E-state index contributed by atoms with van der Waals surface area (Å²) >= 11 is -5.22. The molecular weight excluding hydrogens is 197 g/mol. The first-order chi connectivity index (χ1) is 3.46. The molecule has 0 unspecified atom stereocenters. The van der Waals surface area contributed by atoms with Crippen LogP contribution in [-0.2, 0) is 22.7 Å². The smallest absolute Gasteiger partial charge is 1.00 e. The average molecular weight is 205 g/mol. The van der Waals surface area contributed by atoms with Gasteiger partial charge in [-0.3, -0.25) is 18.2 Å². The van der Waals surface area contributed by atoms with Gasteiger partial charge in [-0.15, -0.1) is 0 Å². The molecule has 62 valence electrons. The predicted molar refractivity (Wildman–Crippen MR) is 32.9 cm³/mol. The van der Waals surface area contributed by atoms with Crippen molar-refractivity contribution >= 4 is 22.7 Å². The summed E-state index contributed by atoms with van der Waals surface area (Å²) in [6, 6.07) is 0. The Kier molecular flexibility index (Phi) is 37.3. The fraction of sp³-hybridized carbons (Fsp3) is 0. The molecule has 0 atom stereocenters. The van der Waals surface area contributed by atoms with Crippen LogP contribution in [0.5, 0.6) is 0 Å². The van der Waals surface area contributed by atoms with Crippen LogP contribution in [0.25, 0.3) is 0 Å². The maximum atomic E-state index is 8.67. The molecule has 0 heterocycles. The van der Waals surface area contributed by atoms with Crippen molar-refractivity contribution in [3.8, 4) is 0 Å². The topological polar surface area (TPSA) is 150 Å². The quantitative estimate of drug-likeness (QED) is 0.204. The predicted octanol–water partition coefficient (Wildman–Crippen LogP) is -3.36. The van der Waals surface area contributed by atoms with Gasteiger partial charge in [0, 0.05) is 0 Å². The van der Waals surface area contributed by atoms with Crippen molar-refractivity contribution in [2.75, 3.05) is 0 Å². The zero-order valence-corrected chi connectivity index (χ0v) is 8.76. The number of rotatable bonds is 0. The summed E-state index contributed by atoms with van der Waals surface area (Å²) in [5, 5.41) is 0. The maximum Gasteiger partial charge on any atom is 1.00 e. The molecule has 0 saturated heterocycles. The Labute approximate surface area is 86.2 Å². The molecule has 0 fully saturated rings. The molecule has 7 nitrogen and oxygen atoms in total. The van der Waals surface area contributed by atoms with Gasteiger partial charge in [0.1, 0.15) is 0 Å². The fourth-order valence-corrected chi connectivity index (χ4v) is 0. The summed E-state index contributed by atoms with van der Waals surface area (Å²) in [4.78, 5) is 0. The normalized spacial score (nSPS) is 7.00. The van der Waals surface area contributed by atoms with Gasteiger partial charge in [0.15, 0.2) is 0 Å². The summed E-state index contributed by atoms with van der Waals surface area (Å²) < 4.78 is 45.7. The Morgan fingerprint density at radius 1 is 0.900 bits per heavy atom. The van der Waals surface area contributed by atoms with Gasteiger partial charge in [-0.2, -0.15) is 8.42 Å². The molecule has 0 bridgehead atoms. The van der Waals surface area contributed by atoms with E-state index < -0.39 is 22.7 Å². The molecule has 0 aliphatic heterocycles. The molecule has 7 N–H and O–H groups in total. The number of hydrogen-bond acceptors (Lipinski definition) is 3. The third-order valence-corrected chi connectivity index (χ3v) is 0. The van der Waals surface area contributed by atoms with E-state index >= 15 is 0 Å². The van der Waals surface area contributed by atoms with Crippen molar-refractivity contribution in [1.29, 1.82) is 0 Å². The second kappa shape index (κ2) is 16.6. The third kappa shape index (κ3) is 493. The van der Waals surface area contributed by atoms with E-state index in [1.807, 2.05) is 0 Å². The van der Waals surface area contributed by atoms with Crippen LogP contribution in [0.15, 0.2) is 0 Å². The van der Waals surface area contributed by atoms with Gasteiger partial charge in [0.25, 0.3) is 22.7 Å². The fourth-order valence-electron chi connectivity index (χ4n) is 0. The largest absolute Gasteiger partial charge is 1.00 e. The molecule has 0 saturated carbocycles. The van der Waals surface area contributed by atoms with E-state index in [1.54, 1.807) is 0 Å². The molecule has 10 heavy (non-hydrogen) atoms. The summed E-state index contributed by atoms with van der Waals surface area (Å²) in [6.45, 7) is 0. The molecule has 0 spiro atoms. The van der Waals surface area contributed by atoms with E-state index in [2.05, 4.69) is 0 Å². The average Bonchev–Trinajstić information content (AvgIpc) is 1.25. The van der Waals surface area contributed by atoms with E-state index in [-0.39, 0.29) is 37.1 Å². The van der Waals surface area contributed by atoms with Crippen molar-refractivity contribution in [3.63, 3.8) is 0 Å². The monoisotopic (exact) mass is 205 g/mol. The van der Waals surface area contributed by atoms with Gasteiger partial charge in [0.05, 0.1) is 0 Å². The Morgan fingerprint density at radius 2 is 0.900 bits per heavy atom. The van der Waals surface area contributed by atoms with Gasteiger partial charge in [-0.1, -0.05) is 0 Å². The Morgan fingerprint density at radius 3 is 0.900 bits per heavy atom. The van der Waals surface area contributed by atoms with Crippen molar-refractivity contribution in [3.05, 3.63) is 0 Å². The standard InChI is InChI=1S/H3N.Na.2H2O3S.H/c;;2*1-4(2)3;/h1H3;;2*(H2,1,2,3);/q;+1;;;-1. The molecule has 0 aliphatic carbocycles. The maximum absolute atomic E-state index is 8.67. The van der Waals surface area contributed by atoms with E-state index in [9.17, 15) is 0 Å². The van der Waals surface area contributed by atoms with Crippen LogP contribution in [0.2, 0.25) is 0 Å². The van der Waals surface area contributed by atoms with Crippen LogP contribution in [0, 0.1) is 0 Å². The van der Waals surface area contributed by atoms with Gasteiger partial charge < -0.3 is 7.58 Å². The molecular formula is H8NNaO6S2. The van der Waals surface area contributed by atoms with Crippen molar-refractivity contribution < 1.29 is 57.6 Å². The molecule has 0 aromatic heterocycles. The third-order valence-electron chi connectivity index (χ3n) is 0. The minimum absolute atomic E-state index is 0. The molecule has 0 rings (SSSR count). The molecule has 0 aromatic carbocycles. The Hall–Kier alpha value is 1.10. The van der Waals surface area contributed by atoms with Gasteiger partial charge >= 0.3 is 29.6 Å². The minimum atomic E-state index is -2.61. The molecule has 10 heteroatoms. The van der Waals surface area contributed by atoms with Crippen LogP contribution < -0.4 is 35.7 Å². The summed E-state index contributed by atoms with van der Waals surface area (Å²) in [6.07, 6.45) is 0. The van der Waals surface area contributed by atoms with Crippen LogP contribution >= 0.6 is 0 Å². The molecule has 0 aliphatic rings. The van der Waals surface area contributed by atoms with E-state index in [0.717, 1.165) is 0 Å². The second-order valence-corrected chi connectivity index (χ2v) is 1.38. The molecule has 0 aromatic rings. The Balaban J connectivity index is -0.0000000171. The summed E-state index contributed by atoms with van der Waals surface area (Å²) in [7, 11) is 0. The Bertz CT molecular complexity index is 78.6. The summed E-state index contributed by atoms with van der Waals surface area (Å²) in [5.41, 5.74) is 0. The number of hydrogen-bond donors (Lipinski definition) is 5. The van der Waals surface area contributed by atoms with E-state index in [0.29, 0.717) is 0 Å². The van der Waals surface area contributed by atoms with Gasteiger partial charge in [-0.05, 0) is 0 Å². The first-order valence-electron chi connectivity index (χ1n) is 1.06. The molecule has 0 amide bonds. The van der Waals surface area contributed by atoms with Gasteiger partial charge in [-0.25, -0.2) is 0 Å². The zero-order valence-electron chi connectivity index (χ0n) is 6.13. The first-order valence-corrected chi connectivity index (χ1v) is 3.19. The SMILES string of the molecule is N.O=S(O)O.O=S(O)O.[H-].[Na+].